The van der Waals surface area contributed by atoms with Crippen LogP contribution < -0.4 is 5.30 Å². The molecule has 25 heavy (non-hydrogen) atoms. The van der Waals surface area contributed by atoms with E-state index in [-0.39, 0.29) is 14.3 Å². The van der Waals surface area contributed by atoms with Crippen LogP contribution in [0.2, 0.25) is 0 Å². The number of phenolic OH excluding ortho intramolecular Hbond substituents is 1. The lowest BCUT2D eigenvalue weighted by Gasteiger charge is -2.32. The van der Waals surface area contributed by atoms with E-state index < -0.39 is 16.9 Å². The van der Waals surface area contributed by atoms with E-state index in [1.807, 2.05) is 39.8 Å². The lowest BCUT2D eigenvalue weighted by Crippen LogP contribution is -2.23. The van der Waals surface area contributed by atoms with Gasteiger partial charge in [-0.15, -0.1) is 0 Å². The Bertz CT molecular complexity index is 783. The van der Waals surface area contributed by atoms with Gasteiger partial charge in [-0.25, -0.2) is 0 Å². The SMILES string of the molecule is CCC(C)(Pc1ccc(C)cc1C(F)(F)F)c1cc(C)cc(C)c1O. The van der Waals surface area contributed by atoms with Crippen LogP contribution in [0.1, 0.15) is 48.1 Å². The minimum atomic E-state index is -4.38. The molecule has 2 unspecified atom stereocenters. The number of aromatic hydroxyl groups is 1. The van der Waals surface area contributed by atoms with Gasteiger partial charge < -0.3 is 5.11 Å². The third kappa shape index (κ3) is 4.17. The summed E-state index contributed by atoms with van der Waals surface area (Å²) >= 11 is 0. The Balaban J connectivity index is 2.57. The van der Waals surface area contributed by atoms with Gasteiger partial charge in [0.25, 0.3) is 0 Å². The van der Waals surface area contributed by atoms with Crippen molar-refractivity contribution in [2.45, 2.75) is 52.4 Å². The van der Waals surface area contributed by atoms with Crippen molar-refractivity contribution in [2.24, 2.45) is 0 Å². The van der Waals surface area contributed by atoms with Gasteiger partial charge in [0, 0.05) is 10.7 Å². The minimum absolute atomic E-state index is 0.0962. The monoisotopic (exact) mass is 368 g/mol. The highest BCUT2D eigenvalue weighted by Crippen LogP contribution is 2.49. The summed E-state index contributed by atoms with van der Waals surface area (Å²) in [6.07, 6.45) is -3.75. The van der Waals surface area contributed by atoms with Gasteiger partial charge in [-0.3, -0.25) is 0 Å². The number of alkyl halides is 3. The second kappa shape index (κ2) is 6.99. The van der Waals surface area contributed by atoms with E-state index >= 15 is 0 Å². The van der Waals surface area contributed by atoms with E-state index in [4.69, 9.17) is 0 Å². The summed E-state index contributed by atoms with van der Waals surface area (Å²) < 4.78 is 40.4. The van der Waals surface area contributed by atoms with Gasteiger partial charge in [0.1, 0.15) is 5.75 Å². The first-order valence-corrected chi connectivity index (χ1v) is 9.24. The normalized spacial score (nSPS) is 14.9. The Morgan fingerprint density at radius 2 is 1.56 bits per heavy atom. The number of halogens is 3. The van der Waals surface area contributed by atoms with Crippen LogP contribution in [0, 0.1) is 20.8 Å². The molecule has 0 heterocycles. The van der Waals surface area contributed by atoms with Crippen LogP contribution in [0.4, 0.5) is 13.2 Å². The Labute approximate surface area is 149 Å². The van der Waals surface area contributed by atoms with Crippen LogP contribution in [-0.2, 0) is 11.3 Å². The fourth-order valence-electron chi connectivity index (χ4n) is 3.03. The van der Waals surface area contributed by atoms with E-state index in [2.05, 4.69) is 0 Å². The predicted molar refractivity (Wildman–Crippen MR) is 99.4 cm³/mol. The molecule has 1 N–H and O–H groups in total. The van der Waals surface area contributed by atoms with E-state index in [1.165, 1.54) is 6.07 Å². The van der Waals surface area contributed by atoms with E-state index in [9.17, 15) is 18.3 Å². The van der Waals surface area contributed by atoms with Crippen LogP contribution in [0.3, 0.4) is 0 Å². The van der Waals surface area contributed by atoms with Crippen molar-refractivity contribution in [3.05, 3.63) is 58.1 Å². The van der Waals surface area contributed by atoms with Crippen molar-refractivity contribution >= 4 is 13.9 Å². The number of aryl methyl sites for hydroxylation is 3. The van der Waals surface area contributed by atoms with Crippen molar-refractivity contribution in [3.8, 4) is 5.75 Å². The first-order valence-electron chi connectivity index (χ1n) is 8.24. The molecule has 0 saturated carbocycles. The van der Waals surface area contributed by atoms with Gasteiger partial charge in [0.2, 0.25) is 0 Å². The summed E-state index contributed by atoms with van der Waals surface area (Å²) in [6, 6.07) is 8.27. The number of phenols is 1. The zero-order valence-electron chi connectivity index (χ0n) is 15.2. The molecule has 2 aromatic carbocycles. The molecule has 0 fully saturated rings. The third-order valence-corrected chi connectivity index (χ3v) is 6.52. The summed E-state index contributed by atoms with van der Waals surface area (Å²) in [6.45, 7) is 9.29. The number of rotatable bonds is 4. The smallest absolute Gasteiger partial charge is 0.417 e. The van der Waals surface area contributed by atoms with Crippen molar-refractivity contribution in [1.82, 2.24) is 0 Å². The number of hydrogen-bond acceptors (Lipinski definition) is 1. The maximum Gasteiger partial charge on any atom is 0.417 e. The average molecular weight is 368 g/mol. The van der Waals surface area contributed by atoms with Gasteiger partial charge in [-0.1, -0.05) is 57.8 Å². The lowest BCUT2D eigenvalue weighted by atomic mass is 9.93. The first-order chi connectivity index (χ1) is 11.5. The third-order valence-electron chi connectivity index (χ3n) is 4.64. The molecule has 0 spiro atoms. The molecule has 5 heteroatoms. The summed E-state index contributed by atoms with van der Waals surface area (Å²) in [7, 11) is -0.0962. The predicted octanol–water partition coefficient (Wildman–Crippen LogP) is 5.97. The quantitative estimate of drug-likeness (QED) is 0.660. The van der Waals surface area contributed by atoms with E-state index in [0.717, 1.165) is 16.7 Å². The van der Waals surface area contributed by atoms with Gasteiger partial charge in [0.15, 0.2) is 0 Å². The molecule has 0 amide bonds. The van der Waals surface area contributed by atoms with Gasteiger partial charge >= 0.3 is 6.18 Å². The summed E-state index contributed by atoms with van der Waals surface area (Å²) in [5, 5.41) is 10.3. The van der Waals surface area contributed by atoms with Gasteiger partial charge in [-0.05, 0) is 44.1 Å². The van der Waals surface area contributed by atoms with Crippen LogP contribution >= 0.6 is 8.58 Å². The van der Waals surface area contributed by atoms with Crippen LogP contribution in [0.5, 0.6) is 5.75 Å². The molecule has 0 bridgehead atoms. The highest BCUT2D eigenvalue weighted by atomic mass is 31.1. The summed E-state index contributed by atoms with van der Waals surface area (Å²) in [4.78, 5) is 0. The molecular weight excluding hydrogens is 344 g/mol. The molecule has 0 radical (unpaired) electrons. The Kier molecular flexibility index (Phi) is 5.53. The Morgan fingerprint density at radius 3 is 2.12 bits per heavy atom. The van der Waals surface area contributed by atoms with Gasteiger partial charge in [0.05, 0.1) is 5.56 Å². The highest BCUT2D eigenvalue weighted by Gasteiger charge is 2.36. The summed E-state index contributed by atoms with van der Waals surface area (Å²) in [5.41, 5.74) is 2.48. The molecule has 136 valence electrons. The fraction of sp³-hybridized carbons (Fsp3) is 0.400. The van der Waals surface area contributed by atoms with E-state index in [0.29, 0.717) is 17.3 Å². The highest BCUT2D eigenvalue weighted by molar-refractivity contribution is 7.48. The molecule has 0 saturated heterocycles. The van der Waals surface area contributed by atoms with Crippen molar-refractivity contribution < 1.29 is 18.3 Å². The first kappa shape index (κ1) is 19.8. The molecular formula is C20H24F3OP. The summed E-state index contributed by atoms with van der Waals surface area (Å²) in [5.74, 6) is 0.183. The largest absolute Gasteiger partial charge is 0.507 e. The van der Waals surface area contributed by atoms with Crippen molar-refractivity contribution in [1.29, 1.82) is 0 Å². The molecule has 0 aliphatic rings. The zero-order chi connectivity index (χ0) is 19.0. The van der Waals surface area contributed by atoms with Crippen molar-refractivity contribution in [2.75, 3.05) is 0 Å². The standard InChI is InChI=1S/C20H24F3OP/c1-6-19(5,16-11-13(3)9-14(4)18(16)24)25-17-8-7-12(2)10-15(17)20(21,22)23/h7-11,24-25H,6H2,1-5H3. The molecule has 0 aliphatic heterocycles. The maximum atomic E-state index is 13.5. The molecule has 1 nitrogen and oxygen atoms in total. The number of benzene rings is 2. The molecule has 2 atom stereocenters. The molecule has 2 aromatic rings. The van der Waals surface area contributed by atoms with Crippen molar-refractivity contribution in [3.63, 3.8) is 0 Å². The lowest BCUT2D eigenvalue weighted by molar-refractivity contribution is -0.136. The minimum Gasteiger partial charge on any atom is -0.507 e. The number of hydrogen-bond donors (Lipinski definition) is 1. The van der Waals surface area contributed by atoms with Crippen LogP contribution in [0.25, 0.3) is 0 Å². The Morgan fingerprint density at radius 1 is 0.960 bits per heavy atom. The molecule has 2 rings (SSSR count). The van der Waals surface area contributed by atoms with Crippen LogP contribution in [0.15, 0.2) is 30.3 Å². The molecule has 0 aliphatic carbocycles. The zero-order valence-corrected chi connectivity index (χ0v) is 16.2. The second-order valence-electron chi connectivity index (χ2n) is 6.84. The molecule has 0 aromatic heterocycles. The Hall–Kier alpha value is -1.54. The average Bonchev–Trinajstić information content (AvgIpc) is 2.51. The van der Waals surface area contributed by atoms with E-state index in [1.54, 1.807) is 19.1 Å². The van der Waals surface area contributed by atoms with Gasteiger partial charge in [-0.2, -0.15) is 13.2 Å². The van der Waals surface area contributed by atoms with Crippen LogP contribution in [-0.4, -0.2) is 5.11 Å². The second-order valence-corrected chi connectivity index (χ2v) is 8.73. The fourth-order valence-corrected chi connectivity index (χ4v) is 4.64. The topological polar surface area (TPSA) is 20.2 Å². The maximum absolute atomic E-state index is 13.5.